The zero-order valence-electron chi connectivity index (χ0n) is 12.6. The molecule has 2 heterocycles. The zero-order chi connectivity index (χ0) is 14.8. The third kappa shape index (κ3) is 3.08. The molecule has 2 atom stereocenters. The summed E-state index contributed by atoms with van der Waals surface area (Å²) in [5.41, 5.74) is 1.64. The number of fused-ring (bicyclic) bond motifs is 1. The van der Waals surface area contributed by atoms with E-state index >= 15 is 0 Å². The molecule has 2 unspecified atom stereocenters. The normalized spacial score (nSPS) is 25.0. The summed E-state index contributed by atoms with van der Waals surface area (Å²) in [6.45, 7) is 3.00. The molecule has 0 N–H and O–H groups in total. The van der Waals surface area contributed by atoms with Crippen molar-refractivity contribution in [3.8, 4) is 0 Å². The van der Waals surface area contributed by atoms with E-state index in [9.17, 15) is 4.79 Å². The van der Waals surface area contributed by atoms with Crippen LogP contribution in [0.2, 0.25) is 5.15 Å². The van der Waals surface area contributed by atoms with Crippen molar-refractivity contribution in [1.29, 1.82) is 0 Å². The summed E-state index contributed by atoms with van der Waals surface area (Å²) in [7, 11) is 0. The summed E-state index contributed by atoms with van der Waals surface area (Å²) >= 11 is 6.10. The lowest BCUT2D eigenvalue weighted by Crippen LogP contribution is -2.46. The lowest BCUT2D eigenvalue weighted by molar-refractivity contribution is 0.0548. The van der Waals surface area contributed by atoms with Crippen molar-refractivity contribution in [2.45, 2.75) is 57.9 Å². The second-order valence-electron chi connectivity index (χ2n) is 6.32. The van der Waals surface area contributed by atoms with E-state index < -0.39 is 0 Å². The molecule has 114 valence electrons. The Morgan fingerprint density at radius 1 is 1.33 bits per heavy atom. The van der Waals surface area contributed by atoms with Gasteiger partial charge in [0.25, 0.3) is 5.91 Å². The summed E-state index contributed by atoms with van der Waals surface area (Å²) in [6.07, 6.45) is 8.00. The molecule has 21 heavy (non-hydrogen) atoms. The van der Waals surface area contributed by atoms with Gasteiger partial charge in [0.15, 0.2) is 0 Å². The number of carbonyl (C=O) groups excluding carboxylic acids is 1. The monoisotopic (exact) mass is 306 g/mol. The molecular weight excluding hydrogens is 284 g/mol. The van der Waals surface area contributed by atoms with Gasteiger partial charge in [0.2, 0.25) is 0 Å². The average Bonchev–Trinajstić information content (AvgIpc) is 2.94. The Balaban J connectivity index is 1.84. The second-order valence-corrected chi connectivity index (χ2v) is 6.71. The highest BCUT2D eigenvalue weighted by atomic mass is 35.5. The number of rotatable bonds is 3. The average molecular weight is 307 g/mol. The van der Waals surface area contributed by atoms with Gasteiger partial charge in [0, 0.05) is 23.8 Å². The number of nitrogens with zero attached hydrogens (tertiary/aromatic N) is 2. The van der Waals surface area contributed by atoms with Gasteiger partial charge in [-0.05, 0) is 50.2 Å². The molecule has 4 heteroatoms. The van der Waals surface area contributed by atoms with Crippen molar-refractivity contribution in [3.63, 3.8) is 0 Å². The van der Waals surface area contributed by atoms with Crippen molar-refractivity contribution < 1.29 is 4.79 Å². The minimum Gasteiger partial charge on any atom is -0.335 e. The van der Waals surface area contributed by atoms with Crippen molar-refractivity contribution >= 4 is 17.5 Å². The second kappa shape index (κ2) is 6.35. The molecule has 1 aromatic rings. The van der Waals surface area contributed by atoms with Gasteiger partial charge >= 0.3 is 0 Å². The van der Waals surface area contributed by atoms with Crippen LogP contribution in [0.5, 0.6) is 0 Å². The molecule has 1 amide bonds. The number of hydrogen-bond donors (Lipinski definition) is 0. The fourth-order valence-electron chi connectivity index (χ4n) is 3.93. The minimum atomic E-state index is 0.147. The highest BCUT2D eigenvalue weighted by molar-refractivity contribution is 6.29. The first-order valence-electron chi connectivity index (χ1n) is 8.16. The number of likely N-dealkylation sites (tertiary alicyclic amines) is 1. The molecule has 2 aliphatic rings. The molecular formula is C17H23ClN2O. The molecule has 1 aromatic heterocycles. The smallest absolute Gasteiger partial charge is 0.254 e. The molecule has 3 rings (SSSR count). The van der Waals surface area contributed by atoms with Crippen LogP contribution in [0.3, 0.4) is 0 Å². The molecule has 0 aromatic carbocycles. The quantitative estimate of drug-likeness (QED) is 0.788. The Kier molecular flexibility index (Phi) is 4.48. The Morgan fingerprint density at radius 2 is 2.14 bits per heavy atom. The molecule has 0 radical (unpaired) electrons. The summed E-state index contributed by atoms with van der Waals surface area (Å²) in [6, 6.07) is 4.10. The molecule has 1 saturated heterocycles. The van der Waals surface area contributed by atoms with Crippen LogP contribution in [-0.2, 0) is 6.42 Å². The standard InChI is InChI=1S/C17H23ClN2O/c1-2-5-14-10-13(11-16(18)19-14)17(21)20-9-4-7-12-6-3-8-15(12)20/h10-12,15H,2-9H2,1H3. The van der Waals surface area contributed by atoms with Crippen LogP contribution in [0.25, 0.3) is 0 Å². The van der Waals surface area contributed by atoms with Crippen molar-refractivity contribution in [2.24, 2.45) is 5.92 Å². The Labute approximate surface area is 131 Å². The lowest BCUT2D eigenvalue weighted by Gasteiger charge is -2.38. The van der Waals surface area contributed by atoms with Gasteiger partial charge in [-0.25, -0.2) is 4.98 Å². The number of aromatic nitrogens is 1. The predicted molar refractivity (Wildman–Crippen MR) is 84.6 cm³/mol. The number of pyridine rings is 1. The van der Waals surface area contributed by atoms with Crippen LogP contribution < -0.4 is 0 Å². The van der Waals surface area contributed by atoms with E-state index in [1.807, 2.05) is 6.07 Å². The number of halogens is 1. The third-order valence-corrected chi connectivity index (χ3v) is 5.05. The van der Waals surface area contributed by atoms with Gasteiger partial charge in [-0.15, -0.1) is 0 Å². The molecule has 1 aliphatic heterocycles. The fraction of sp³-hybridized carbons (Fsp3) is 0.647. The maximum atomic E-state index is 12.9. The first kappa shape index (κ1) is 14.8. The summed E-state index contributed by atoms with van der Waals surface area (Å²) in [4.78, 5) is 19.3. The van der Waals surface area contributed by atoms with Crippen molar-refractivity contribution in [1.82, 2.24) is 9.88 Å². The minimum absolute atomic E-state index is 0.147. The van der Waals surface area contributed by atoms with Crippen molar-refractivity contribution in [3.05, 3.63) is 28.5 Å². The Hall–Kier alpha value is -1.09. The van der Waals surface area contributed by atoms with Crippen LogP contribution in [0.15, 0.2) is 12.1 Å². The van der Waals surface area contributed by atoms with Crippen molar-refractivity contribution in [2.75, 3.05) is 6.54 Å². The van der Waals surface area contributed by atoms with Gasteiger partial charge in [-0.2, -0.15) is 0 Å². The molecule has 3 nitrogen and oxygen atoms in total. The number of hydrogen-bond acceptors (Lipinski definition) is 2. The van der Waals surface area contributed by atoms with Gasteiger partial charge in [0.1, 0.15) is 5.15 Å². The highest BCUT2D eigenvalue weighted by Gasteiger charge is 2.37. The number of carbonyl (C=O) groups is 1. The number of piperidine rings is 1. The van der Waals surface area contributed by atoms with E-state index in [4.69, 9.17) is 11.6 Å². The summed E-state index contributed by atoms with van der Waals surface area (Å²) in [5, 5.41) is 0.435. The van der Waals surface area contributed by atoms with Gasteiger partial charge in [-0.1, -0.05) is 31.4 Å². The van der Waals surface area contributed by atoms with Crippen LogP contribution in [0.4, 0.5) is 0 Å². The third-order valence-electron chi connectivity index (χ3n) is 4.85. The molecule has 1 saturated carbocycles. The number of aryl methyl sites for hydroxylation is 1. The summed E-state index contributed by atoms with van der Waals surface area (Å²) < 4.78 is 0. The number of amides is 1. The molecule has 0 spiro atoms. The van der Waals surface area contributed by atoms with E-state index in [0.29, 0.717) is 16.8 Å². The topological polar surface area (TPSA) is 33.2 Å². The van der Waals surface area contributed by atoms with Gasteiger partial charge < -0.3 is 4.90 Å². The largest absolute Gasteiger partial charge is 0.335 e. The van der Waals surface area contributed by atoms with Crippen LogP contribution in [0.1, 0.15) is 61.5 Å². The zero-order valence-corrected chi connectivity index (χ0v) is 13.4. The van der Waals surface area contributed by atoms with E-state index in [1.165, 1.54) is 19.3 Å². The lowest BCUT2D eigenvalue weighted by atomic mass is 9.91. The van der Waals surface area contributed by atoms with Gasteiger partial charge in [-0.3, -0.25) is 4.79 Å². The first-order chi connectivity index (χ1) is 10.2. The van der Waals surface area contributed by atoms with E-state index in [0.717, 1.165) is 43.8 Å². The Bertz CT molecular complexity index is 532. The van der Waals surface area contributed by atoms with Gasteiger partial charge in [0.05, 0.1) is 0 Å². The Morgan fingerprint density at radius 3 is 2.95 bits per heavy atom. The van der Waals surface area contributed by atoms with E-state index in [-0.39, 0.29) is 5.91 Å². The predicted octanol–water partition coefficient (Wildman–Crippen LogP) is 4.09. The van der Waals surface area contributed by atoms with E-state index in [2.05, 4.69) is 16.8 Å². The first-order valence-corrected chi connectivity index (χ1v) is 8.54. The SMILES string of the molecule is CCCc1cc(C(=O)N2CCCC3CCCC32)cc(Cl)n1. The van der Waals surface area contributed by atoms with Crippen LogP contribution in [0, 0.1) is 5.92 Å². The van der Waals surface area contributed by atoms with Crippen LogP contribution in [-0.4, -0.2) is 28.4 Å². The summed E-state index contributed by atoms with van der Waals surface area (Å²) in [5.74, 6) is 0.864. The fourth-order valence-corrected chi connectivity index (χ4v) is 4.16. The van der Waals surface area contributed by atoms with E-state index in [1.54, 1.807) is 6.07 Å². The highest BCUT2D eigenvalue weighted by Crippen LogP contribution is 2.37. The molecule has 1 aliphatic carbocycles. The molecule has 0 bridgehead atoms. The van der Waals surface area contributed by atoms with Crippen LogP contribution >= 0.6 is 11.6 Å². The molecule has 2 fully saturated rings. The maximum absolute atomic E-state index is 12.9. The maximum Gasteiger partial charge on any atom is 0.254 e.